The molecule has 0 aromatic carbocycles. The topological polar surface area (TPSA) is 61.1 Å². The molecule has 1 saturated carbocycles. The first kappa shape index (κ1) is 16.1. The lowest BCUT2D eigenvalue weighted by Gasteiger charge is -2.37. The Kier molecular flexibility index (Phi) is 4.45. The van der Waals surface area contributed by atoms with Gasteiger partial charge in [0.15, 0.2) is 0 Å². The van der Waals surface area contributed by atoms with Crippen molar-refractivity contribution >= 4 is 5.91 Å². The number of nitrogens with one attached hydrogen (secondary N) is 1. The summed E-state index contributed by atoms with van der Waals surface area (Å²) in [5.74, 6) is 1.15. The molecule has 1 amide bonds. The number of hydrogen-bond acceptors (Lipinski definition) is 3. The summed E-state index contributed by atoms with van der Waals surface area (Å²) in [6.07, 6.45) is 3.18. The molecule has 2 aliphatic rings. The maximum absolute atomic E-state index is 12.2. The van der Waals surface area contributed by atoms with E-state index in [1.54, 1.807) is 0 Å². The molecule has 0 radical (unpaired) electrons. The molecule has 1 aromatic rings. The number of nitrogens with zero attached hydrogens (tertiary/aromatic N) is 3. The fourth-order valence-electron chi connectivity index (χ4n) is 3.53. The van der Waals surface area contributed by atoms with E-state index in [1.807, 2.05) is 17.7 Å². The molecular weight excluding hydrogens is 288 g/mol. The molecule has 1 aliphatic heterocycles. The molecule has 2 fully saturated rings. The van der Waals surface area contributed by atoms with Crippen LogP contribution in [0.2, 0.25) is 0 Å². The highest BCUT2D eigenvalue weighted by atomic mass is 16.2. The van der Waals surface area contributed by atoms with E-state index in [0.29, 0.717) is 29.5 Å². The van der Waals surface area contributed by atoms with E-state index in [9.17, 15) is 4.79 Å². The van der Waals surface area contributed by atoms with Crippen LogP contribution in [-0.2, 0) is 18.4 Å². The highest BCUT2D eigenvalue weighted by molar-refractivity contribution is 5.81. The maximum atomic E-state index is 12.2. The number of carbonyl (C=O) groups excluding carboxylic acids is 1. The van der Waals surface area contributed by atoms with E-state index in [0.717, 1.165) is 44.6 Å². The highest BCUT2D eigenvalue weighted by Crippen LogP contribution is 2.32. The second-order valence-corrected chi connectivity index (χ2v) is 7.12. The molecule has 124 valence electrons. The Hall–Kier alpha value is -1.80. The van der Waals surface area contributed by atoms with Gasteiger partial charge in [0, 0.05) is 44.3 Å². The Bertz CT molecular complexity index is 638. The van der Waals surface area contributed by atoms with Crippen LogP contribution in [0.3, 0.4) is 0 Å². The van der Waals surface area contributed by atoms with Crippen LogP contribution in [0.5, 0.6) is 0 Å². The average molecular weight is 314 g/mol. The predicted molar refractivity (Wildman–Crippen MR) is 88.6 cm³/mol. The van der Waals surface area contributed by atoms with Gasteiger partial charge >= 0.3 is 0 Å². The van der Waals surface area contributed by atoms with Crippen LogP contribution < -0.4 is 5.32 Å². The number of piperidine rings is 1. The van der Waals surface area contributed by atoms with Crippen molar-refractivity contribution in [2.45, 2.75) is 45.7 Å². The van der Waals surface area contributed by atoms with Crippen LogP contribution in [0.15, 0.2) is 6.07 Å². The maximum Gasteiger partial charge on any atom is 0.225 e. The van der Waals surface area contributed by atoms with Crippen LogP contribution >= 0.6 is 0 Å². The molecule has 2 unspecified atom stereocenters. The minimum Gasteiger partial charge on any atom is -0.342 e. The second-order valence-electron chi connectivity index (χ2n) is 7.12. The summed E-state index contributed by atoms with van der Waals surface area (Å²) in [7, 11) is 1.93. The molecule has 3 rings (SSSR count). The first-order valence-electron chi connectivity index (χ1n) is 8.58. The lowest BCUT2D eigenvalue weighted by molar-refractivity contribution is -0.134. The van der Waals surface area contributed by atoms with Gasteiger partial charge in [-0.3, -0.25) is 4.79 Å². The minimum absolute atomic E-state index is 0.322. The first-order valence-corrected chi connectivity index (χ1v) is 8.58. The normalized spacial score (nSPS) is 24.5. The van der Waals surface area contributed by atoms with Crippen LogP contribution in [0.1, 0.15) is 43.1 Å². The van der Waals surface area contributed by atoms with Gasteiger partial charge in [0.05, 0.1) is 0 Å². The third-order valence-electron chi connectivity index (χ3n) is 5.45. The highest BCUT2D eigenvalue weighted by Gasteiger charge is 2.36. The van der Waals surface area contributed by atoms with Crippen molar-refractivity contribution in [1.82, 2.24) is 14.8 Å². The van der Waals surface area contributed by atoms with E-state index in [4.69, 9.17) is 5.26 Å². The molecule has 23 heavy (non-hydrogen) atoms. The lowest BCUT2D eigenvalue weighted by atomic mass is 9.93. The van der Waals surface area contributed by atoms with Gasteiger partial charge in [-0.2, -0.15) is 5.26 Å². The van der Waals surface area contributed by atoms with Crippen molar-refractivity contribution in [2.75, 3.05) is 13.1 Å². The van der Waals surface area contributed by atoms with Gasteiger partial charge < -0.3 is 14.8 Å². The summed E-state index contributed by atoms with van der Waals surface area (Å²) in [5.41, 5.74) is 3.04. The Balaban J connectivity index is 1.55. The molecule has 2 atom stereocenters. The molecule has 1 saturated heterocycles. The summed E-state index contributed by atoms with van der Waals surface area (Å²) < 4.78 is 1.94. The van der Waals surface area contributed by atoms with E-state index in [-0.39, 0.29) is 0 Å². The van der Waals surface area contributed by atoms with Gasteiger partial charge in [0.2, 0.25) is 5.91 Å². The number of likely N-dealkylation sites (tertiary alicyclic amines) is 1. The van der Waals surface area contributed by atoms with Crippen molar-refractivity contribution in [3.05, 3.63) is 23.0 Å². The van der Waals surface area contributed by atoms with Crippen LogP contribution in [0.4, 0.5) is 0 Å². The van der Waals surface area contributed by atoms with Gasteiger partial charge in [-0.15, -0.1) is 0 Å². The SMILES string of the molecule is Cc1c(CNC2CCN(C(=O)C3CC3)CC2C)cc(C#N)n1C. The average Bonchev–Trinajstić information content (AvgIpc) is 3.35. The summed E-state index contributed by atoms with van der Waals surface area (Å²) in [4.78, 5) is 14.2. The molecule has 0 bridgehead atoms. The summed E-state index contributed by atoms with van der Waals surface area (Å²) in [5, 5.41) is 12.8. The van der Waals surface area contributed by atoms with Crippen molar-refractivity contribution in [1.29, 1.82) is 5.26 Å². The van der Waals surface area contributed by atoms with Gasteiger partial charge in [0.25, 0.3) is 0 Å². The lowest BCUT2D eigenvalue weighted by Crippen LogP contribution is -2.50. The smallest absolute Gasteiger partial charge is 0.225 e. The molecule has 0 spiro atoms. The summed E-state index contributed by atoms with van der Waals surface area (Å²) in [6.45, 7) is 6.80. The molecule has 2 heterocycles. The van der Waals surface area contributed by atoms with E-state index >= 15 is 0 Å². The zero-order valence-electron chi connectivity index (χ0n) is 14.3. The second kappa shape index (κ2) is 6.37. The van der Waals surface area contributed by atoms with Crippen molar-refractivity contribution in [3.8, 4) is 6.07 Å². The van der Waals surface area contributed by atoms with Gasteiger partial charge in [-0.25, -0.2) is 0 Å². The third-order valence-corrected chi connectivity index (χ3v) is 5.45. The molecule has 1 aliphatic carbocycles. The number of nitriles is 1. The first-order chi connectivity index (χ1) is 11.0. The number of amides is 1. The summed E-state index contributed by atoms with van der Waals surface area (Å²) >= 11 is 0. The fourth-order valence-corrected chi connectivity index (χ4v) is 3.53. The Labute approximate surface area is 138 Å². The predicted octanol–water partition coefficient (Wildman–Crippen LogP) is 1.94. The molecule has 5 nitrogen and oxygen atoms in total. The molecule has 5 heteroatoms. The van der Waals surface area contributed by atoms with Gasteiger partial charge in [0.1, 0.15) is 11.8 Å². The van der Waals surface area contributed by atoms with E-state index < -0.39 is 0 Å². The monoisotopic (exact) mass is 314 g/mol. The van der Waals surface area contributed by atoms with Crippen LogP contribution in [0.25, 0.3) is 0 Å². The Morgan fingerprint density at radius 1 is 1.43 bits per heavy atom. The van der Waals surface area contributed by atoms with Crippen LogP contribution in [-0.4, -0.2) is 34.5 Å². The fraction of sp³-hybridized carbons (Fsp3) is 0.667. The molecular formula is C18H26N4O. The number of hydrogen-bond donors (Lipinski definition) is 1. The van der Waals surface area contributed by atoms with Crippen LogP contribution in [0, 0.1) is 30.1 Å². The summed E-state index contributed by atoms with van der Waals surface area (Å²) in [6, 6.07) is 4.63. The largest absolute Gasteiger partial charge is 0.342 e. The Morgan fingerprint density at radius 2 is 2.17 bits per heavy atom. The molecule has 1 aromatic heterocycles. The minimum atomic E-state index is 0.322. The van der Waals surface area contributed by atoms with Crippen molar-refractivity contribution in [3.63, 3.8) is 0 Å². The Morgan fingerprint density at radius 3 is 2.74 bits per heavy atom. The van der Waals surface area contributed by atoms with Crippen molar-refractivity contribution in [2.24, 2.45) is 18.9 Å². The standard InChI is InChI=1S/C18H26N4O/c1-12-11-22(18(23)14-4-5-14)7-6-17(12)20-10-15-8-16(9-19)21(3)13(15)2/h8,12,14,17,20H,4-7,10-11H2,1-3H3. The zero-order chi connectivity index (χ0) is 16.6. The number of carbonyl (C=O) groups is 1. The number of aromatic nitrogens is 1. The van der Waals surface area contributed by atoms with Gasteiger partial charge in [-0.05, 0) is 43.7 Å². The number of rotatable bonds is 4. The molecule has 1 N–H and O–H groups in total. The quantitative estimate of drug-likeness (QED) is 0.924. The third kappa shape index (κ3) is 3.28. The zero-order valence-corrected chi connectivity index (χ0v) is 14.3. The van der Waals surface area contributed by atoms with E-state index in [1.165, 1.54) is 5.56 Å². The van der Waals surface area contributed by atoms with E-state index in [2.05, 4.69) is 30.1 Å². The van der Waals surface area contributed by atoms with Gasteiger partial charge in [-0.1, -0.05) is 6.92 Å². The van der Waals surface area contributed by atoms with Crippen molar-refractivity contribution < 1.29 is 4.79 Å².